The number of anilines is 1. The lowest BCUT2D eigenvalue weighted by Gasteiger charge is -2.17. The van der Waals surface area contributed by atoms with Gasteiger partial charge in [-0.15, -0.1) is 0 Å². The number of ether oxygens (including phenoxy) is 1. The van der Waals surface area contributed by atoms with Gasteiger partial charge in [-0.2, -0.15) is 0 Å². The number of nitrogens with one attached hydrogen (secondary N) is 2. The SMILES string of the molecule is NC(=O)c1ccccc1Oc1ccc(NC(=O)NCC2(c3ccccc3)CC2)cc1. The second-order valence-corrected chi connectivity index (χ2v) is 7.44. The molecule has 0 saturated heterocycles. The van der Waals surface area contributed by atoms with E-state index in [0.717, 1.165) is 12.8 Å². The lowest BCUT2D eigenvalue weighted by molar-refractivity contribution is 0.0998. The minimum Gasteiger partial charge on any atom is -0.457 e. The second kappa shape index (κ2) is 8.29. The van der Waals surface area contributed by atoms with Crippen LogP contribution in [0.5, 0.6) is 11.5 Å². The highest BCUT2D eigenvalue weighted by atomic mass is 16.5. The van der Waals surface area contributed by atoms with Crippen molar-refractivity contribution in [1.82, 2.24) is 5.32 Å². The number of carbonyl (C=O) groups excluding carboxylic acids is 2. The van der Waals surface area contributed by atoms with Gasteiger partial charge in [0.1, 0.15) is 11.5 Å². The Balaban J connectivity index is 1.33. The van der Waals surface area contributed by atoms with Crippen LogP contribution in [0.3, 0.4) is 0 Å². The van der Waals surface area contributed by atoms with Crippen molar-refractivity contribution >= 4 is 17.6 Å². The van der Waals surface area contributed by atoms with Crippen LogP contribution >= 0.6 is 0 Å². The van der Waals surface area contributed by atoms with Crippen molar-refractivity contribution in [1.29, 1.82) is 0 Å². The molecule has 0 aromatic heterocycles. The molecular formula is C24H23N3O3. The first-order chi connectivity index (χ1) is 14.6. The lowest BCUT2D eigenvalue weighted by Crippen LogP contribution is -2.35. The van der Waals surface area contributed by atoms with Crippen LogP contribution in [0.25, 0.3) is 0 Å². The molecule has 3 amide bonds. The first kappa shape index (κ1) is 19.5. The lowest BCUT2D eigenvalue weighted by atomic mass is 9.96. The summed E-state index contributed by atoms with van der Waals surface area (Å²) < 4.78 is 5.75. The van der Waals surface area contributed by atoms with Gasteiger partial charge in [-0.05, 0) is 54.8 Å². The zero-order chi connectivity index (χ0) is 21.0. The summed E-state index contributed by atoms with van der Waals surface area (Å²) in [5.41, 5.74) is 7.66. The van der Waals surface area contributed by atoms with Gasteiger partial charge >= 0.3 is 6.03 Å². The molecule has 0 radical (unpaired) electrons. The van der Waals surface area contributed by atoms with Gasteiger partial charge < -0.3 is 21.1 Å². The van der Waals surface area contributed by atoms with Crippen LogP contribution < -0.4 is 21.1 Å². The molecule has 4 N–H and O–H groups in total. The molecule has 0 bridgehead atoms. The maximum Gasteiger partial charge on any atom is 0.319 e. The van der Waals surface area contributed by atoms with Gasteiger partial charge in [-0.3, -0.25) is 4.79 Å². The molecule has 1 saturated carbocycles. The van der Waals surface area contributed by atoms with Gasteiger partial charge in [-0.25, -0.2) is 4.79 Å². The summed E-state index contributed by atoms with van der Waals surface area (Å²) in [6, 6.07) is 23.7. The molecule has 0 unspecified atom stereocenters. The Morgan fingerprint density at radius 1 is 0.900 bits per heavy atom. The molecule has 6 heteroatoms. The fraction of sp³-hybridized carbons (Fsp3) is 0.167. The second-order valence-electron chi connectivity index (χ2n) is 7.44. The number of rotatable bonds is 7. The van der Waals surface area contributed by atoms with Crippen molar-refractivity contribution in [2.75, 3.05) is 11.9 Å². The minimum absolute atomic E-state index is 0.0596. The van der Waals surface area contributed by atoms with Gasteiger partial charge in [-0.1, -0.05) is 42.5 Å². The zero-order valence-corrected chi connectivity index (χ0v) is 16.4. The topological polar surface area (TPSA) is 93.5 Å². The highest BCUT2D eigenvalue weighted by molar-refractivity contribution is 5.95. The third kappa shape index (κ3) is 4.43. The van der Waals surface area contributed by atoms with Crippen molar-refractivity contribution < 1.29 is 14.3 Å². The third-order valence-corrected chi connectivity index (χ3v) is 5.32. The fourth-order valence-corrected chi connectivity index (χ4v) is 3.43. The predicted molar refractivity (Wildman–Crippen MR) is 116 cm³/mol. The Hall–Kier alpha value is -3.80. The van der Waals surface area contributed by atoms with Crippen LogP contribution in [0.15, 0.2) is 78.9 Å². The molecule has 0 atom stereocenters. The highest BCUT2D eigenvalue weighted by Gasteiger charge is 2.44. The highest BCUT2D eigenvalue weighted by Crippen LogP contribution is 2.47. The largest absolute Gasteiger partial charge is 0.457 e. The van der Waals surface area contributed by atoms with Crippen LogP contribution in [0.4, 0.5) is 10.5 Å². The van der Waals surface area contributed by atoms with Gasteiger partial charge in [0.05, 0.1) is 5.56 Å². The Kier molecular flexibility index (Phi) is 5.39. The number of hydrogen-bond acceptors (Lipinski definition) is 3. The Labute approximate surface area is 175 Å². The van der Waals surface area contributed by atoms with Gasteiger partial charge in [0.25, 0.3) is 5.91 Å². The number of hydrogen-bond donors (Lipinski definition) is 3. The molecule has 3 aromatic rings. The molecule has 30 heavy (non-hydrogen) atoms. The zero-order valence-electron chi connectivity index (χ0n) is 16.4. The van der Waals surface area contributed by atoms with Gasteiger partial charge in [0.2, 0.25) is 0 Å². The van der Waals surface area contributed by atoms with Crippen molar-refractivity contribution in [3.05, 3.63) is 90.0 Å². The molecule has 0 aliphatic heterocycles. The Morgan fingerprint density at radius 3 is 2.23 bits per heavy atom. The van der Waals surface area contributed by atoms with Crippen LogP contribution in [0.2, 0.25) is 0 Å². The summed E-state index contributed by atoms with van der Waals surface area (Å²) in [4.78, 5) is 23.8. The molecule has 1 fully saturated rings. The summed E-state index contributed by atoms with van der Waals surface area (Å²) in [5, 5.41) is 5.81. The molecule has 0 spiro atoms. The maximum atomic E-state index is 12.3. The number of nitrogens with two attached hydrogens (primary N) is 1. The van der Waals surface area contributed by atoms with Crippen LogP contribution in [0.1, 0.15) is 28.8 Å². The molecule has 3 aromatic carbocycles. The molecular weight excluding hydrogens is 378 g/mol. The van der Waals surface area contributed by atoms with E-state index in [1.165, 1.54) is 5.56 Å². The van der Waals surface area contributed by atoms with Crippen LogP contribution in [-0.2, 0) is 5.41 Å². The van der Waals surface area contributed by atoms with Gasteiger partial charge in [0.15, 0.2) is 0 Å². The number of benzene rings is 3. The van der Waals surface area contributed by atoms with E-state index in [2.05, 4.69) is 22.8 Å². The van der Waals surface area contributed by atoms with E-state index in [9.17, 15) is 9.59 Å². The molecule has 6 nitrogen and oxygen atoms in total. The summed E-state index contributed by atoms with van der Waals surface area (Å²) in [6.07, 6.45) is 2.16. The predicted octanol–water partition coefficient (Wildman–Crippen LogP) is 4.43. The van der Waals surface area contributed by atoms with E-state index >= 15 is 0 Å². The molecule has 0 heterocycles. The number of para-hydroxylation sites is 1. The first-order valence-corrected chi connectivity index (χ1v) is 9.83. The summed E-state index contributed by atoms with van der Waals surface area (Å²) in [7, 11) is 0. The fourth-order valence-electron chi connectivity index (χ4n) is 3.43. The van der Waals surface area contributed by atoms with Crippen LogP contribution in [0, 0.1) is 0 Å². The van der Waals surface area contributed by atoms with E-state index in [-0.39, 0.29) is 11.4 Å². The van der Waals surface area contributed by atoms with Crippen molar-refractivity contribution in [3.63, 3.8) is 0 Å². The maximum absolute atomic E-state index is 12.3. The summed E-state index contributed by atoms with van der Waals surface area (Å²) in [6.45, 7) is 0.605. The van der Waals surface area contributed by atoms with Gasteiger partial charge in [0, 0.05) is 17.6 Å². The normalized spacial score (nSPS) is 13.9. The Bertz CT molecular complexity index is 1040. The molecule has 152 valence electrons. The average Bonchev–Trinajstić information content (AvgIpc) is 3.56. The van der Waals surface area contributed by atoms with Crippen molar-refractivity contribution in [2.45, 2.75) is 18.3 Å². The molecule has 4 rings (SSSR count). The number of amides is 3. The first-order valence-electron chi connectivity index (χ1n) is 9.83. The monoisotopic (exact) mass is 401 g/mol. The number of urea groups is 1. The van der Waals surface area contributed by atoms with Crippen LogP contribution in [-0.4, -0.2) is 18.5 Å². The number of primary amides is 1. The standard InChI is InChI=1S/C24H23N3O3/c25-22(28)20-8-4-5-9-21(20)30-19-12-10-18(11-13-19)27-23(29)26-16-24(14-15-24)17-6-2-1-3-7-17/h1-13H,14-16H2,(H2,25,28)(H2,26,27,29). The third-order valence-electron chi connectivity index (χ3n) is 5.32. The molecule has 1 aliphatic rings. The smallest absolute Gasteiger partial charge is 0.319 e. The van der Waals surface area contributed by atoms with E-state index in [1.54, 1.807) is 48.5 Å². The van der Waals surface area contributed by atoms with E-state index in [1.807, 2.05) is 18.2 Å². The quantitative estimate of drug-likeness (QED) is 0.547. The summed E-state index contributed by atoms with van der Waals surface area (Å²) in [5.74, 6) is 0.374. The van der Waals surface area contributed by atoms with E-state index < -0.39 is 5.91 Å². The average molecular weight is 401 g/mol. The van der Waals surface area contributed by atoms with Crippen molar-refractivity contribution in [2.24, 2.45) is 5.73 Å². The van der Waals surface area contributed by atoms with E-state index in [4.69, 9.17) is 10.5 Å². The van der Waals surface area contributed by atoms with Crippen molar-refractivity contribution in [3.8, 4) is 11.5 Å². The minimum atomic E-state index is -0.551. The van der Waals surface area contributed by atoms with E-state index in [0.29, 0.717) is 29.3 Å². The summed E-state index contributed by atoms with van der Waals surface area (Å²) >= 11 is 0. The Morgan fingerprint density at radius 2 is 1.57 bits per heavy atom. The number of carbonyl (C=O) groups is 2. The molecule has 1 aliphatic carbocycles.